The SMILES string of the molecule is CNC(C)(CN1CCCCCCC1)C(N)=O. The smallest absolute Gasteiger partial charge is 0.238 e. The fraction of sp³-hybridized carbons (Fsp3) is 0.917. The van der Waals surface area contributed by atoms with Crippen molar-refractivity contribution in [3.05, 3.63) is 0 Å². The standard InChI is InChI=1S/C12H25N3O/c1-12(14-2,11(13)16)10-15-8-6-4-3-5-7-9-15/h14H,3-10H2,1-2H3,(H2,13,16). The van der Waals surface area contributed by atoms with Gasteiger partial charge >= 0.3 is 0 Å². The molecule has 1 atom stereocenters. The molecular formula is C12H25N3O. The summed E-state index contributed by atoms with van der Waals surface area (Å²) < 4.78 is 0. The van der Waals surface area contributed by atoms with Crippen LogP contribution in [0.25, 0.3) is 0 Å². The molecular weight excluding hydrogens is 202 g/mol. The van der Waals surface area contributed by atoms with Crippen molar-refractivity contribution in [1.29, 1.82) is 0 Å². The number of hydrogen-bond acceptors (Lipinski definition) is 3. The highest BCUT2D eigenvalue weighted by molar-refractivity contribution is 5.84. The number of carbonyl (C=O) groups is 1. The average molecular weight is 227 g/mol. The second-order valence-corrected chi connectivity index (χ2v) is 4.99. The topological polar surface area (TPSA) is 58.4 Å². The number of likely N-dealkylation sites (tertiary alicyclic amines) is 1. The predicted molar refractivity (Wildman–Crippen MR) is 66.2 cm³/mol. The summed E-state index contributed by atoms with van der Waals surface area (Å²) >= 11 is 0. The van der Waals surface area contributed by atoms with E-state index in [0.29, 0.717) is 0 Å². The van der Waals surface area contributed by atoms with Gasteiger partial charge in [-0.1, -0.05) is 19.3 Å². The number of primary amides is 1. The summed E-state index contributed by atoms with van der Waals surface area (Å²) in [7, 11) is 1.80. The average Bonchev–Trinajstić information content (AvgIpc) is 2.21. The van der Waals surface area contributed by atoms with Gasteiger partial charge < -0.3 is 16.0 Å². The highest BCUT2D eigenvalue weighted by Crippen LogP contribution is 2.13. The van der Waals surface area contributed by atoms with Gasteiger partial charge in [-0.05, 0) is 39.9 Å². The van der Waals surface area contributed by atoms with Gasteiger partial charge in [0.15, 0.2) is 0 Å². The molecule has 4 heteroatoms. The number of nitrogens with one attached hydrogen (secondary N) is 1. The molecule has 0 saturated carbocycles. The van der Waals surface area contributed by atoms with Crippen LogP contribution in [0.2, 0.25) is 0 Å². The Kier molecular flexibility index (Phi) is 5.22. The molecule has 3 N–H and O–H groups in total. The summed E-state index contributed by atoms with van der Waals surface area (Å²) in [6.07, 6.45) is 6.44. The molecule has 94 valence electrons. The molecule has 1 heterocycles. The number of likely N-dealkylation sites (N-methyl/N-ethyl adjacent to an activating group) is 1. The lowest BCUT2D eigenvalue weighted by Crippen LogP contribution is -2.58. The minimum Gasteiger partial charge on any atom is -0.368 e. The van der Waals surface area contributed by atoms with Crippen LogP contribution in [0, 0.1) is 0 Å². The molecule has 4 nitrogen and oxygen atoms in total. The summed E-state index contributed by atoms with van der Waals surface area (Å²) in [6.45, 7) is 4.78. The van der Waals surface area contributed by atoms with Gasteiger partial charge in [-0.3, -0.25) is 4.79 Å². The van der Waals surface area contributed by atoms with Gasteiger partial charge in [-0.2, -0.15) is 0 Å². The van der Waals surface area contributed by atoms with E-state index in [1.807, 2.05) is 6.92 Å². The largest absolute Gasteiger partial charge is 0.368 e. The third-order valence-corrected chi connectivity index (χ3v) is 3.58. The van der Waals surface area contributed by atoms with Crippen LogP contribution in [0.15, 0.2) is 0 Å². The quantitative estimate of drug-likeness (QED) is 0.744. The Morgan fingerprint density at radius 3 is 2.19 bits per heavy atom. The molecule has 1 amide bonds. The maximum Gasteiger partial charge on any atom is 0.238 e. The van der Waals surface area contributed by atoms with Gasteiger partial charge in [0.2, 0.25) is 5.91 Å². The second-order valence-electron chi connectivity index (χ2n) is 4.99. The summed E-state index contributed by atoms with van der Waals surface area (Å²) in [6, 6.07) is 0. The summed E-state index contributed by atoms with van der Waals surface area (Å²) in [5, 5.41) is 3.05. The van der Waals surface area contributed by atoms with Crippen molar-refractivity contribution < 1.29 is 4.79 Å². The molecule has 1 aliphatic rings. The number of nitrogens with two attached hydrogens (primary N) is 1. The van der Waals surface area contributed by atoms with Crippen molar-refractivity contribution in [3.8, 4) is 0 Å². The normalized spacial score (nSPS) is 23.1. The van der Waals surface area contributed by atoms with E-state index < -0.39 is 5.54 Å². The Labute approximate surface area is 98.6 Å². The van der Waals surface area contributed by atoms with E-state index in [1.54, 1.807) is 7.05 Å². The lowest BCUT2D eigenvalue weighted by Gasteiger charge is -2.33. The first kappa shape index (κ1) is 13.5. The van der Waals surface area contributed by atoms with E-state index in [0.717, 1.165) is 19.6 Å². The predicted octanol–water partition coefficient (Wildman–Crippen LogP) is 0.716. The lowest BCUT2D eigenvalue weighted by molar-refractivity contribution is -0.124. The Hall–Kier alpha value is -0.610. The lowest BCUT2D eigenvalue weighted by atomic mass is 9.99. The molecule has 0 aromatic rings. The number of nitrogens with zero attached hydrogens (tertiary/aromatic N) is 1. The maximum atomic E-state index is 11.4. The molecule has 0 aromatic heterocycles. The van der Waals surface area contributed by atoms with E-state index in [1.165, 1.54) is 32.1 Å². The zero-order valence-corrected chi connectivity index (χ0v) is 10.6. The zero-order chi connectivity index (χ0) is 12.0. The van der Waals surface area contributed by atoms with Crippen LogP contribution in [-0.4, -0.2) is 43.0 Å². The van der Waals surface area contributed by atoms with Crippen molar-refractivity contribution in [2.24, 2.45) is 5.73 Å². The van der Waals surface area contributed by atoms with Gasteiger partial charge in [0.1, 0.15) is 5.54 Å². The monoisotopic (exact) mass is 227 g/mol. The molecule has 1 fully saturated rings. The summed E-state index contributed by atoms with van der Waals surface area (Å²) in [5.74, 6) is -0.267. The molecule has 1 saturated heterocycles. The number of hydrogen-bond donors (Lipinski definition) is 2. The summed E-state index contributed by atoms with van der Waals surface area (Å²) in [4.78, 5) is 13.8. The van der Waals surface area contributed by atoms with E-state index in [-0.39, 0.29) is 5.91 Å². The van der Waals surface area contributed by atoms with Crippen molar-refractivity contribution in [2.45, 2.75) is 44.6 Å². The van der Waals surface area contributed by atoms with E-state index >= 15 is 0 Å². The first-order chi connectivity index (χ1) is 7.58. The fourth-order valence-electron chi connectivity index (χ4n) is 2.20. The molecule has 0 aromatic carbocycles. The first-order valence-corrected chi connectivity index (χ1v) is 6.30. The van der Waals surface area contributed by atoms with Crippen LogP contribution >= 0.6 is 0 Å². The van der Waals surface area contributed by atoms with Gasteiger partial charge in [-0.15, -0.1) is 0 Å². The van der Waals surface area contributed by atoms with Crippen LogP contribution in [-0.2, 0) is 4.79 Å². The Balaban J connectivity index is 2.51. The van der Waals surface area contributed by atoms with E-state index in [2.05, 4.69) is 10.2 Å². The van der Waals surface area contributed by atoms with Crippen molar-refractivity contribution >= 4 is 5.91 Å². The highest BCUT2D eigenvalue weighted by Gasteiger charge is 2.31. The first-order valence-electron chi connectivity index (χ1n) is 6.30. The van der Waals surface area contributed by atoms with E-state index in [4.69, 9.17) is 5.73 Å². The van der Waals surface area contributed by atoms with Gasteiger partial charge in [0.25, 0.3) is 0 Å². The third-order valence-electron chi connectivity index (χ3n) is 3.58. The van der Waals surface area contributed by atoms with Crippen LogP contribution in [0.3, 0.4) is 0 Å². The molecule has 0 bridgehead atoms. The Bertz CT molecular complexity index is 224. The molecule has 1 unspecified atom stereocenters. The number of amides is 1. The molecule has 0 spiro atoms. The van der Waals surface area contributed by atoms with Crippen molar-refractivity contribution in [1.82, 2.24) is 10.2 Å². The molecule has 16 heavy (non-hydrogen) atoms. The van der Waals surface area contributed by atoms with Crippen LogP contribution in [0.4, 0.5) is 0 Å². The maximum absolute atomic E-state index is 11.4. The van der Waals surface area contributed by atoms with Crippen LogP contribution in [0.1, 0.15) is 39.0 Å². The molecule has 1 aliphatic heterocycles. The van der Waals surface area contributed by atoms with Crippen LogP contribution < -0.4 is 11.1 Å². The fourth-order valence-corrected chi connectivity index (χ4v) is 2.20. The minimum absolute atomic E-state index is 0.267. The van der Waals surface area contributed by atoms with Crippen molar-refractivity contribution in [2.75, 3.05) is 26.7 Å². The molecule has 0 aliphatic carbocycles. The van der Waals surface area contributed by atoms with Gasteiger partial charge in [0, 0.05) is 6.54 Å². The molecule has 1 rings (SSSR count). The molecule has 0 radical (unpaired) electrons. The van der Waals surface area contributed by atoms with Crippen LogP contribution in [0.5, 0.6) is 0 Å². The highest BCUT2D eigenvalue weighted by atomic mass is 16.1. The summed E-state index contributed by atoms with van der Waals surface area (Å²) in [5.41, 5.74) is 4.84. The minimum atomic E-state index is -0.598. The van der Waals surface area contributed by atoms with E-state index in [9.17, 15) is 4.79 Å². The Morgan fingerprint density at radius 2 is 1.75 bits per heavy atom. The van der Waals surface area contributed by atoms with Gasteiger partial charge in [0.05, 0.1) is 0 Å². The van der Waals surface area contributed by atoms with Gasteiger partial charge in [-0.25, -0.2) is 0 Å². The number of rotatable bonds is 4. The Morgan fingerprint density at radius 1 is 1.25 bits per heavy atom. The van der Waals surface area contributed by atoms with Crippen molar-refractivity contribution in [3.63, 3.8) is 0 Å². The third kappa shape index (κ3) is 3.76. The number of carbonyl (C=O) groups excluding carboxylic acids is 1. The second kappa shape index (κ2) is 6.21. The zero-order valence-electron chi connectivity index (χ0n) is 10.6.